The summed E-state index contributed by atoms with van der Waals surface area (Å²) in [5.74, 6) is -0.285. The zero-order valence-electron chi connectivity index (χ0n) is 8.45. The third-order valence-electron chi connectivity index (χ3n) is 2.09. The molecule has 16 heavy (non-hydrogen) atoms. The molecule has 0 atom stereocenters. The first kappa shape index (κ1) is 10.8. The minimum absolute atomic E-state index is 0.173. The molecule has 0 radical (unpaired) electrons. The highest BCUT2D eigenvalue weighted by atomic mass is 35.5. The summed E-state index contributed by atoms with van der Waals surface area (Å²) in [6, 6.07) is 6.34. The number of nitrogens with zero attached hydrogens (tertiary/aromatic N) is 2. The van der Waals surface area contributed by atoms with Crippen LogP contribution in [-0.4, -0.2) is 17.1 Å². The molecule has 0 N–H and O–H groups in total. The van der Waals surface area contributed by atoms with Crippen LogP contribution in [0.1, 0.15) is 0 Å². The van der Waals surface area contributed by atoms with Crippen LogP contribution in [0.25, 0.3) is 11.3 Å². The predicted molar refractivity (Wildman–Crippen MR) is 59.0 cm³/mol. The fourth-order valence-corrected chi connectivity index (χ4v) is 1.49. The molecule has 0 bridgehead atoms. The summed E-state index contributed by atoms with van der Waals surface area (Å²) in [7, 11) is 1.41. The van der Waals surface area contributed by atoms with Crippen molar-refractivity contribution in [1.82, 2.24) is 9.97 Å². The quantitative estimate of drug-likeness (QED) is 0.755. The minimum atomic E-state index is -0.459. The van der Waals surface area contributed by atoms with Crippen molar-refractivity contribution in [3.8, 4) is 17.0 Å². The maximum atomic E-state index is 13.9. The molecule has 1 heterocycles. The van der Waals surface area contributed by atoms with Crippen LogP contribution in [0.4, 0.5) is 4.39 Å². The van der Waals surface area contributed by atoms with Gasteiger partial charge in [0.05, 0.1) is 12.8 Å². The Balaban J connectivity index is 2.56. The average molecular weight is 239 g/mol. The molecule has 2 aromatic rings. The van der Waals surface area contributed by atoms with E-state index in [1.807, 2.05) is 0 Å². The van der Waals surface area contributed by atoms with Gasteiger partial charge in [-0.15, -0.1) is 0 Å². The second-order valence-electron chi connectivity index (χ2n) is 3.05. The van der Waals surface area contributed by atoms with Crippen LogP contribution in [0.3, 0.4) is 0 Å². The molecule has 1 aromatic carbocycles. The highest BCUT2D eigenvalue weighted by Gasteiger charge is 2.11. The van der Waals surface area contributed by atoms with E-state index in [0.29, 0.717) is 11.3 Å². The molecule has 0 spiro atoms. The Labute approximate surface area is 96.9 Å². The molecule has 82 valence electrons. The van der Waals surface area contributed by atoms with E-state index in [0.717, 1.165) is 0 Å². The lowest BCUT2D eigenvalue weighted by Crippen LogP contribution is -1.93. The van der Waals surface area contributed by atoms with Crippen molar-refractivity contribution >= 4 is 11.6 Å². The van der Waals surface area contributed by atoms with E-state index in [9.17, 15) is 4.39 Å². The summed E-state index contributed by atoms with van der Waals surface area (Å²) >= 11 is 5.72. The molecule has 0 amide bonds. The maximum absolute atomic E-state index is 13.9. The van der Waals surface area contributed by atoms with Crippen LogP contribution in [0, 0.1) is 5.82 Å². The van der Waals surface area contributed by atoms with E-state index in [2.05, 4.69) is 9.97 Å². The number of rotatable bonds is 2. The molecule has 5 heteroatoms. The first-order chi connectivity index (χ1) is 7.72. The highest BCUT2D eigenvalue weighted by Crippen LogP contribution is 2.28. The van der Waals surface area contributed by atoms with Crippen molar-refractivity contribution in [1.29, 1.82) is 0 Å². The lowest BCUT2D eigenvalue weighted by molar-refractivity contribution is 0.387. The predicted octanol–water partition coefficient (Wildman–Crippen LogP) is 2.94. The number of halogens is 2. The number of aromatic nitrogens is 2. The van der Waals surface area contributed by atoms with Gasteiger partial charge in [-0.25, -0.2) is 14.4 Å². The molecule has 3 nitrogen and oxygen atoms in total. The summed E-state index contributed by atoms with van der Waals surface area (Å²) < 4.78 is 18.7. The number of hydrogen-bond donors (Lipinski definition) is 0. The van der Waals surface area contributed by atoms with Crippen molar-refractivity contribution in [2.45, 2.75) is 0 Å². The fraction of sp³-hybridized carbons (Fsp3) is 0.0909. The van der Waals surface area contributed by atoms with Gasteiger partial charge in [0, 0.05) is 11.6 Å². The van der Waals surface area contributed by atoms with Crippen molar-refractivity contribution in [3.63, 3.8) is 0 Å². The second kappa shape index (κ2) is 4.45. The first-order valence-corrected chi connectivity index (χ1v) is 4.90. The van der Waals surface area contributed by atoms with E-state index in [1.165, 1.54) is 19.5 Å². The van der Waals surface area contributed by atoms with E-state index in [-0.39, 0.29) is 10.9 Å². The molecule has 1 aromatic heterocycles. The summed E-state index contributed by atoms with van der Waals surface area (Å²) in [4.78, 5) is 7.69. The smallest absolute Gasteiger partial charge is 0.174 e. The lowest BCUT2D eigenvalue weighted by Gasteiger charge is -2.06. The second-order valence-corrected chi connectivity index (χ2v) is 3.44. The molecular weight excluding hydrogens is 231 g/mol. The van der Waals surface area contributed by atoms with Crippen molar-refractivity contribution in [2.75, 3.05) is 7.11 Å². The van der Waals surface area contributed by atoms with Gasteiger partial charge >= 0.3 is 0 Å². The standard InChI is InChI=1S/C11H8ClFN2O/c1-16-9-4-2-3-7(11(9)13)8-5-10(12)15-6-14-8/h2-6H,1H3. The summed E-state index contributed by atoms with van der Waals surface area (Å²) in [6.45, 7) is 0. The van der Waals surface area contributed by atoms with Crippen LogP contribution in [0.15, 0.2) is 30.6 Å². The molecule has 2 rings (SSSR count). The fourth-order valence-electron chi connectivity index (χ4n) is 1.35. The van der Waals surface area contributed by atoms with E-state index in [1.54, 1.807) is 18.2 Å². The van der Waals surface area contributed by atoms with Gasteiger partial charge in [0.2, 0.25) is 0 Å². The highest BCUT2D eigenvalue weighted by molar-refractivity contribution is 6.29. The third-order valence-corrected chi connectivity index (χ3v) is 2.30. The summed E-state index contributed by atoms with van der Waals surface area (Å²) in [6.07, 6.45) is 1.29. The molecule has 0 aliphatic heterocycles. The van der Waals surface area contributed by atoms with E-state index < -0.39 is 5.82 Å². The van der Waals surface area contributed by atoms with Gasteiger partial charge in [0.1, 0.15) is 11.5 Å². The number of ether oxygens (including phenoxy) is 1. The van der Waals surface area contributed by atoms with Gasteiger partial charge in [0.25, 0.3) is 0 Å². The van der Waals surface area contributed by atoms with Gasteiger partial charge < -0.3 is 4.74 Å². The van der Waals surface area contributed by atoms with Crippen molar-refractivity contribution in [2.24, 2.45) is 0 Å². The average Bonchev–Trinajstić information content (AvgIpc) is 2.29. The Bertz CT molecular complexity index is 519. The van der Waals surface area contributed by atoms with Crippen LogP contribution in [-0.2, 0) is 0 Å². The van der Waals surface area contributed by atoms with Crippen molar-refractivity contribution < 1.29 is 9.13 Å². The Morgan fingerprint density at radius 2 is 2.12 bits per heavy atom. The van der Waals surface area contributed by atoms with Crippen LogP contribution >= 0.6 is 11.6 Å². The number of methoxy groups -OCH3 is 1. The van der Waals surface area contributed by atoms with Gasteiger partial charge in [-0.1, -0.05) is 17.7 Å². The molecule has 0 unspecified atom stereocenters. The molecule has 0 saturated carbocycles. The first-order valence-electron chi connectivity index (χ1n) is 4.53. The Morgan fingerprint density at radius 1 is 1.31 bits per heavy atom. The topological polar surface area (TPSA) is 35.0 Å². The Kier molecular flexibility index (Phi) is 3.01. The van der Waals surface area contributed by atoms with E-state index >= 15 is 0 Å². The van der Waals surface area contributed by atoms with Gasteiger partial charge in [-0.05, 0) is 12.1 Å². The summed E-state index contributed by atoms with van der Waals surface area (Å²) in [5.41, 5.74) is 0.764. The van der Waals surface area contributed by atoms with Crippen LogP contribution in [0.5, 0.6) is 5.75 Å². The number of benzene rings is 1. The minimum Gasteiger partial charge on any atom is -0.494 e. The van der Waals surface area contributed by atoms with Crippen molar-refractivity contribution in [3.05, 3.63) is 41.6 Å². The zero-order chi connectivity index (χ0) is 11.5. The SMILES string of the molecule is COc1cccc(-c2cc(Cl)ncn2)c1F. The molecule has 0 saturated heterocycles. The summed E-state index contributed by atoms with van der Waals surface area (Å²) in [5, 5.41) is 0.271. The van der Waals surface area contributed by atoms with E-state index in [4.69, 9.17) is 16.3 Å². The lowest BCUT2D eigenvalue weighted by atomic mass is 10.1. The molecular formula is C11H8ClFN2O. The normalized spacial score (nSPS) is 10.2. The van der Waals surface area contributed by atoms with Gasteiger partial charge in [0.15, 0.2) is 11.6 Å². The largest absolute Gasteiger partial charge is 0.494 e. The molecule has 0 aliphatic carbocycles. The van der Waals surface area contributed by atoms with Gasteiger partial charge in [-0.2, -0.15) is 0 Å². The Morgan fingerprint density at radius 3 is 2.81 bits per heavy atom. The van der Waals surface area contributed by atoms with Gasteiger partial charge in [-0.3, -0.25) is 0 Å². The third kappa shape index (κ3) is 1.97. The Hall–Kier alpha value is -1.68. The monoisotopic (exact) mass is 238 g/mol. The molecule has 0 aliphatic rings. The molecule has 0 fully saturated rings. The maximum Gasteiger partial charge on any atom is 0.174 e. The zero-order valence-corrected chi connectivity index (χ0v) is 9.20. The number of hydrogen-bond acceptors (Lipinski definition) is 3. The van der Waals surface area contributed by atoms with Crippen LogP contribution in [0.2, 0.25) is 5.15 Å². The van der Waals surface area contributed by atoms with Crippen LogP contribution < -0.4 is 4.74 Å².